The summed E-state index contributed by atoms with van der Waals surface area (Å²) in [6.07, 6.45) is 7.60. The number of rotatable bonds is 11. The third kappa shape index (κ3) is 5.42. The van der Waals surface area contributed by atoms with E-state index in [4.69, 9.17) is 4.74 Å². The van der Waals surface area contributed by atoms with Crippen molar-refractivity contribution in [3.05, 3.63) is 46.0 Å². The Bertz CT molecular complexity index is 1180. The van der Waals surface area contributed by atoms with E-state index >= 15 is 0 Å². The van der Waals surface area contributed by atoms with Crippen molar-refractivity contribution in [1.29, 1.82) is 0 Å². The molecule has 1 aliphatic carbocycles. The topological polar surface area (TPSA) is 88.9 Å². The van der Waals surface area contributed by atoms with Crippen LogP contribution in [0.25, 0.3) is 10.9 Å². The fraction of sp³-hybridized carbons (Fsp3) is 0.630. The number of hydrogen-bond donors (Lipinski definition) is 1. The molecule has 190 valence electrons. The maximum Gasteiger partial charge on any atom is 0.252 e. The molecule has 0 radical (unpaired) electrons. The van der Waals surface area contributed by atoms with Gasteiger partial charge in [0.1, 0.15) is 5.75 Å². The number of H-pyrrole nitrogens is 1. The normalized spacial score (nSPS) is 15.8. The molecule has 1 N–H and O–H groups in total. The lowest BCUT2D eigenvalue weighted by Gasteiger charge is -2.37. The fourth-order valence-electron chi connectivity index (χ4n) is 5.23. The first-order valence-electron chi connectivity index (χ1n) is 13.2. The molecule has 1 aliphatic rings. The Morgan fingerprint density at radius 1 is 1.20 bits per heavy atom. The largest absolute Gasteiger partial charge is 0.494 e. The van der Waals surface area contributed by atoms with Crippen LogP contribution in [-0.2, 0) is 12.1 Å². The van der Waals surface area contributed by atoms with E-state index in [1.165, 1.54) is 12.8 Å². The van der Waals surface area contributed by atoms with Gasteiger partial charge in [0.15, 0.2) is 5.82 Å². The number of tetrazole rings is 1. The van der Waals surface area contributed by atoms with Crippen LogP contribution in [0.3, 0.4) is 0 Å². The maximum absolute atomic E-state index is 13.2. The number of nitrogens with zero attached hydrogens (tertiary/aromatic N) is 5. The fourth-order valence-corrected chi connectivity index (χ4v) is 5.23. The Labute approximate surface area is 208 Å². The van der Waals surface area contributed by atoms with Gasteiger partial charge in [0.2, 0.25) is 0 Å². The maximum atomic E-state index is 13.2. The van der Waals surface area contributed by atoms with Crippen LogP contribution in [-0.4, -0.2) is 42.7 Å². The minimum Gasteiger partial charge on any atom is -0.494 e. The van der Waals surface area contributed by atoms with Crippen molar-refractivity contribution in [3.63, 3.8) is 0 Å². The summed E-state index contributed by atoms with van der Waals surface area (Å²) < 4.78 is 7.70. The Balaban J connectivity index is 1.76. The van der Waals surface area contributed by atoms with Gasteiger partial charge in [-0.25, -0.2) is 4.68 Å². The van der Waals surface area contributed by atoms with Crippen molar-refractivity contribution in [1.82, 2.24) is 30.1 Å². The average Bonchev–Trinajstić information content (AvgIpc) is 3.55. The first kappa shape index (κ1) is 25.4. The van der Waals surface area contributed by atoms with E-state index in [1.807, 2.05) is 35.9 Å². The number of hydrogen-bond acceptors (Lipinski definition) is 6. The first-order valence-corrected chi connectivity index (χ1v) is 13.2. The molecule has 0 saturated heterocycles. The lowest BCUT2D eigenvalue weighted by atomic mass is 9.99. The molecule has 35 heavy (non-hydrogen) atoms. The molecule has 2 heterocycles. The number of pyridine rings is 1. The summed E-state index contributed by atoms with van der Waals surface area (Å²) in [5.74, 6) is 1.72. The lowest BCUT2D eigenvalue weighted by Crippen LogP contribution is -2.41. The second kappa shape index (κ2) is 10.9. The Morgan fingerprint density at radius 3 is 2.66 bits per heavy atom. The van der Waals surface area contributed by atoms with Crippen LogP contribution in [0.1, 0.15) is 97.0 Å². The van der Waals surface area contributed by atoms with Gasteiger partial charge in [-0.1, -0.05) is 33.1 Å². The van der Waals surface area contributed by atoms with Gasteiger partial charge in [0, 0.05) is 29.1 Å². The number of aromatic nitrogens is 5. The first-order chi connectivity index (χ1) is 16.9. The predicted molar refractivity (Wildman–Crippen MR) is 139 cm³/mol. The number of aromatic amines is 1. The van der Waals surface area contributed by atoms with Crippen LogP contribution in [0, 0.1) is 0 Å². The number of ether oxygens (including phenoxy) is 1. The molecule has 4 rings (SSSR count). The van der Waals surface area contributed by atoms with Crippen molar-refractivity contribution >= 4 is 10.9 Å². The van der Waals surface area contributed by atoms with Crippen LogP contribution in [0.5, 0.6) is 5.75 Å². The molecule has 0 amide bonds. The van der Waals surface area contributed by atoms with E-state index in [2.05, 4.69) is 53.1 Å². The highest BCUT2D eigenvalue weighted by molar-refractivity contribution is 5.80. The second-order valence-corrected chi connectivity index (χ2v) is 10.3. The van der Waals surface area contributed by atoms with Crippen LogP contribution in [0.2, 0.25) is 0 Å². The molecule has 1 atom stereocenters. The molecular weight excluding hydrogens is 440 g/mol. The highest BCUT2D eigenvalue weighted by Crippen LogP contribution is 2.36. The molecule has 3 aromatic rings. The van der Waals surface area contributed by atoms with Gasteiger partial charge >= 0.3 is 0 Å². The molecule has 8 heteroatoms. The highest BCUT2D eigenvalue weighted by Gasteiger charge is 2.35. The van der Waals surface area contributed by atoms with Crippen molar-refractivity contribution < 1.29 is 4.74 Å². The SMILES string of the molecule is CCC[C@@H](c1nnnn1C(C)(C)CC)N(Cc1cc2cc(OCC)ccc2[nH]c1=O)C1CCCC1. The third-order valence-corrected chi connectivity index (χ3v) is 7.54. The molecule has 0 aliphatic heterocycles. The third-order valence-electron chi connectivity index (χ3n) is 7.54. The summed E-state index contributed by atoms with van der Waals surface area (Å²) in [6, 6.07) is 8.31. The lowest BCUT2D eigenvalue weighted by molar-refractivity contribution is 0.102. The summed E-state index contributed by atoms with van der Waals surface area (Å²) in [4.78, 5) is 18.8. The smallest absolute Gasteiger partial charge is 0.252 e. The van der Waals surface area contributed by atoms with E-state index in [0.717, 1.165) is 60.1 Å². The van der Waals surface area contributed by atoms with E-state index < -0.39 is 0 Å². The van der Waals surface area contributed by atoms with Crippen LogP contribution in [0.4, 0.5) is 0 Å². The van der Waals surface area contributed by atoms with Crippen molar-refractivity contribution in [2.24, 2.45) is 0 Å². The van der Waals surface area contributed by atoms with Crippen LogP contribution >= 0.6 is 0 Å². The molecule has 1 fully saturated rings. The molecule has 0 unspecified atom stereocenters. The summed E-state index contributed by atoms with van der Waals surface area (Å²) in [5.41, 5.74) is 1.39. The number of fused-ring (bicyclic) bond motifs is 1. The summed E-state index contributed by atoms with van der Waals surface area (Å²) in [6.45, 7) is 11.9. The second-order valence-electron chi connectivity index (χ2n) is 10.3. The van der Waals surface area contributed by atoms with Crippen LogP contribution < -0.4 is 10.3 Å². The van der Waals surface area contributed by atoms with Gasteiger partial charge in [0.05, 0.1) is 18.2 Å². The summed E-state index contributed by atoms with van der Waals surface area (Å²) in [5, 5.41) is 14.0. The van der Waals surface area contributed by atoms with Crippen molar-refractivity contribution in [3.8, 4) is 5.75 Å². The Morgan fingerprint density at radius 2 is 1.97 bits per heavy atom. The van der Waals surface area contributed by atoms with E-state index in [9.17, 15) is 4.79 Å². The molecule has 1 saturated carbocycles. The summed E-state index contributed by atoms with van der Waals surface area (Å²) in [7, 11) is 0. The standard InChI is InChI=1S/C27H40N6O2/c1-6-11-24(25-29-30-31-33(25)27(4,5)7-2)32(21-12-9-10-13-21)18-20-16-19-17-22(35-8-3)14-15-23(19)28-26(20)34/h14-17,21,24H,6-13,18H2,1-5H3,(H,28,34)/t24-/m0/s1. The summed E-state index contributed by atoms with van der Waals surface area (Å²) >= 11 is 0. The molecule has 0 spiro atoms. The Kier molecular flexibility index (Phi) is 7.89. The number of nitrogens with one attached hydrogen (secondary N) is 1. The van der Waals surface area contributed by atoms with Gasteiger partial charge in [-0.15, -0.1) is 5.10 Å². The molecule has 1 aromatic carbocycles. The highest BCUT2D eigenvalue weighted by atomic mass is 16.5. The van der Waals surface area contributed by atoms with E-state index in [-0.39, 0.29) is 17.1 Å². The van der Waals surface area contributed by atoms with Crippen molar-refractivity contribution in [2.45, 2.75) is 104 Å². The quantitative estimate of drug-likeness (QED) is 0.398. The average molecular weight is 481 g/mol. The van der Waals surface area contributed by atoms with Gasteiger partial charge in [-0.05, 0) is 81.1 Å². The molecule has 8 nitrogen and oxygen atoms in total. The van der Waals surface area contributed by atoms with E-state index in [0.29, 0.717) is 19.2 Å². The molecule has 2 aromatic heterocycles. The van der Waals surface area contributed by atoms with Gasteiger partial charge in [0.25, 0.3) is 5.56 Å². The predicted octanol–water partition coefficient (Wildman–Crippen LogP) is 5.34. The van der Waals surface area contributed by atoms with Gasteiger partial charge in [-0.3, -0.25) is 9.69 Å². The Hall–Kier alpha value is -2.74. The molecular formula is C27H40N6O2. The van der Waals surface area contributed by atoms with E-state index in [1.54, 1.807) is 0 Å². The van der Waals surface area contributed by atoms with Crippen LogP contribution in [0.15, 0.2) is 29.1 Å². The minimum atomic E-state index is -0.178. The van der Waals surface area contributed by atoms with Gasteiger partial charge in [-0.2, -0.15) is 0 Å². The molecule has 0 bridgehead atoms. The monoisotopic (exact) mass is 480 g/mol. The zero-order valence-corrected chi connectivity index (χ0v) is 21.9. The number of benzene rings is 1. The zero-order valence-electron chi connectivity index (χ0n) is 21.9. The minimum absolute atomic E-state index is 0.0339. The zero-order chi connectivity index (χ0) is 25.0. The van der Waals surface area contributed by atoms with Crippen molar-refractivity contribution in [2.75, 3.05) is 6.61 Å². The van der Waals surface area contributed by atoms with Gasteiger partial charge < -0.3 is 9.72 Å².